The zero-order chi connectivity index (χ0) is 11.6. The van der Waals surface area contributed by atoms with Gasteiger partial charge in [-0.1, -0.05) is 29.8 Å². The molecular formula is C14H17BrO. The zero-order valence-corrected chi connectivity index (χ0v) is 11.4. The van der Waals surface area contributed by atoms with Crippen LogP contribution in [0.25, 0.3) is 0 Å². The van der Waals surface area contributed by atoms with Crippen molar-refractivity contribution < 1.29 is 5.11 Å². The first-order chi connectivity index (χ1) is 7.45. The Morgan fingerprint density at radius 1 is 1.00 bits per heavy atom. The van der Waals surface area contributed by atoms with Crippen LogP contribution in [-0.2, 0) is 10.8 Å². The van der Waals surface area contributed by atoms with E-state index in [0.717, 1.165) is 10.0 Å². The number of benzene rings is 1. The topological polar surface area (TPSA) is 20.2 Å². The number of rotatable bonds is 2. The van der Waals surface area contributed by atoms with E-state index in [1.54, 1.807) is 0 Å². The fourth-order valence-corrected chi connectivity index (χ4v) is 3.23. The average Bonchev–Trinajstić information content (AvgIpc) is 3.08. The summed E-state index contributed by atoms with van der Waals surface area (Å²) in [6, 6.07) is 4.12. The zero-order valence-electron chi connectivity index (χ0n) is 9.81. The van der Waals surface area contributed by atoms with E-state index in [4.69, 9.17) is 0 Å². The molecular weight excluding hydrogens is 264 g/mol. The molecule has 2 saturated carbocycles. The van der Waals surface area contributed by atoms with Gasteiger partial charge in [0.1, 0.15) is 5.75 Å². The molecule has 16 heavy (non-hydrogen) atoms. The number of hydrogen-bond acceptors (Lipinski definition) is 1. The van der Waals surface area contributed by atoms with Crippen LogP contribution in [0.2, 0.25) is 0 Å². The molecule has 0 amide bonds. The molecule has 86 valence electrons. The quantitative estimate of drug-likeness (QED) is 0.858. The summed E-state index contributed by atoms with van der Waals surface area (Å²) >= 11 is 3.58. The molecule has 3 rings (SSSR count). The van der Waals surface area contributed by atoms with Crippen molar-refractivity contribution in [1.82, 2.24) is 0 Å². The highest BCUT2D eigenvalue weighted by Crippen LogP contribution is 2.55. The minimum Gasteiger partial charge on any atom is -0.508 e. The second-order valence-electron chi connectivity index (χ2n) is 5.97. The maximum atomic E-state index is 10.0. The molecule has 0 saturated heterocycles. The molecule has 1 N–H and O–H groups in total. The molecule has 0 heterocycles. The van der Waals surface area contributed by atoms with Crippen molar-refractivity contribution in [2.75, 3.05) is 0 Å². The average molecular weight is 281 g/mol. The van der Waals surface area contributed by atoms with E-state index >= 15 is 0 Å². The van der Waals surface area contributed by atoms with Crippen molar-refractivity contribution >= 4 is 15.9 Å². The van der Waals surface area contributed by atoms with Crippen LogP contribution in [0.3, 0.4) is 0 Å². The van der Waals surface area contributed by atoms with Crippen LogP contribution < -0.4 is 0 Å². The number of halogens is 1. The molecule has 2 aliphatic carbocycles. The van der Waals surface area contributed by atoms with Crippen LogP contribution in [-0.4, -0.2) is 5.11 Å². The largest absolute Gasteiger partial charge is 0.508 e. The molecule has 1 aromatic carbocycles. The van der Waals surface area contributed by atoms with Crippen molar-refractivity contribution in [2.24, 2.45) is 0 Å². The summed E-state index contributed by atoms with van der Waals surface area (Å²) in [5, 5.41) is 10.0. The van der Waals surface area contributed by atoms with E-state index in [-0.39, 0.29) is 5.41 Å². The highest BCUT2D eigenvalue weighted by Gasteiger charge is 2.45. The van der Waals surface area contributed by atoms with Gasteiger partial charge in [-0.05, 0) is 54.2 Å². The van der Waals surface area contributed by atoms with Gasteiger partial charge in [0.2, 0.25) is 0 Å². The summed E-state index contributed by atoms with van der Waals surface area (Å²) < 4.78 is 1.07. The minimum absolute atomic E-state index is 0.241. The number of hydrogen-bond donors (Lipinski definition) is 1. The van der Waals surface area contributed by atoms with Crippen molar-refractivity contribution in [2.45, 2.75) is 50.4 Å². The van der Waals surface area contributed by atoms with Crippen molar-refractivity contribution in [3.05, 3.63) is 27.7 Å². The predicted molar refractivity (Wildman–Crippen MR) is 69.0 cm³/mol. The molecule has 0 atom stereocenters. The standard InChI is InChI=1S/C14H17BrO/c1-13(3-4-13)9-7-10(14(2)5-6-14)12(16)8-11(9)15/h7-8,16H,3-6H2,1-2H3. The first-order valence-electron chi connectivity index (χ1n) is 5.98. The van der Waals surface area contributed by atoms with Crippen LogP contribution in [0.1, 0.15) is 50.7 Å². The SMILES string of the molecule is CC1(c2cc(C3(C)CC3)c(Br)cc2O)CC1. The van der Waals surface area contributed by atoms with Gasteiger partial charge in [0.25, 0.3) is 0 Å². The van der Waals surface area contributed by atoms with Crippen LogP contribution >= 0.6 is 15.9 Å². The molecule has 0 bridgehead atoms. The fourth-order valence-electron chi connectivity index (χ4n) is 2.42. The highest BCUT2D eigenvalue weighted by atomic mass is 79.9. The van der Waals surface area contributed by atoms with Gasteiger partial charge in [-0.25, -0.2) is 0 Å². The lowest BCUT2D eigenvalue weighted by Crippen LogP contribution is -2.06. The van der Waals surface area contributed by atoms with Crippen molar-refractivity contribution in [3.63, 3.8) is 0 Å². The molecule has 0 spiro atoms. The Labute approximate surface area is 105 Å². The predicted octanol–water partition coefficient (Wildman–Crippen LogP) is 4.26. The molecule has 2 aliphatic rings. The lowest BCUT2D eigenvalue weighted by atomic mass is 9.90. The Morgan fingerprint density at radius 3 is 2.00 bits per heavy atom. The van der Waals surface area contributed by atoms with E-state index in [9.17, 15) is 5.11 Å². The molecule has 0 unspecified atom stereocenters. The monoisotopic (exact) mass is 280 g/mol. The smallest absolute Gasteiger partial charge is 0.120 e. The first-order valence-corrected chi connectivity index (χ1v) is 6.77. The van der Waals surface area contributed by atoms with Gasteiger partial charge in [0.15, 0.2) is 0 Å². The van der Waals surface area contributed by atoms with E-state index in [0.29, 0.717) is 11.2 Å². The summed E-state index contributed by atoms with van der Waals surface area (Å²) in [6.45, 7) is 4.55. The Kier molecular flexibility index (Phi) is 2.02. The molecule has 2 fully saturated rings. The van der Waals surface area contributed by atoms with Gasteiger partial charge >= 0.3 is 0 Å². The molecule has 2 heteroatoms. The van der Waals surface area contributed by atoms with Crippen molar-refractivity contribution in [3.8, 4) is 5.75 Å². The summed E-state index contributed by atoms with van der Waals surface area (Å²) in [5.74, 6) is 0.458. The van der Waals surface area contributed by atoms with Gasteiger partial charge in [0, 0.05) is 10.0 Å². The number of phenolic OH excluding ortho intramolecular Hbond substituents is 1. The van der Waals surface area contributed by atoms with Crippen LogP contribution in [0.15, 0.2) is 16.6 Å². The number of aromatic hydroxyl groups is 1. The molecule has 1 aromatic rings. The van der Waals surface area contributed by atoms with Gasteiger partial charge in [0.05, 0.1) is 0 Å². The molecule has 0 aliphatic heterocycles. The molecule has 0 aromatic heterocycles. The van der Waals surface area contributed by atoms with Gasteiger partial charge in [-0.3, -0.25) is 0 Å². The van der Waals surface area contributed by atoms with Crippen LogP contribution in [0.4, 0.5) is 0 Å². The Hall–Kier alpha value is -0.500. The Morgan fingerprint density at radius 2 is 1.50 bits per heavy atom. The normalized spacial score (nSPS) is 24.2. The van der Waals surface area contributed by atoms with Gasteiger partial charge in [-0.15, -0.1) is 0 Å². The second kappa shape index (κ2) is 3.04. The Bertz CT molecular complexity index is 417. The van der Waals surface area contributed by atoms with Crippen LogP contribution in [0, 0.1) is 0 Å². The van der Waals surface area contributed by atoms with Crippen molar-refractivity contribution in [1.29, 1.82) is 0 Å². The minimum atomic E-state index is 0.241. The molecule has 1 nitrogen and oxygen atoms in total. The van der Waals surface area contributed by atoms with E-state index in [1.165, 1.54) is 31.2 Å². The third-order valence-corrected chi connectivity index (χ3v) is 5.04. The van der Waals surface area contributed by atoms with Crippen LogP contribution in [0.5, 0.6) is 5.75 Å². The number of phenols is 1. The Balaban J connectivity index is 2.12. The first kappa shape index (κ1) is 10.6. The third kappa shape index (κ3) is 1.50. The maximum Gasteiger partial charge on any atom is 0.120 e. The second-order valence-corrected chi connectivity index (χ2v) is 6.82. The van der Waals surface area contributed by atoms with Gasteiger partial charge in [-0.2, -0.15) is 0 Å². The van der Waals surface area contributed by atoms with E-state index in [2.05, 4.69) is 35.8 Å². The lowest BCUT2D eigenvalue weighted by molar-refractivity contribution is 0.460. The highest BCUT2D eigenvalue weighted by molar-refractivity contribution is 9.10. The van der Waals surface area contributed by atoms with E-state index in [1.807, 2.05) is 6.07 Å². The summed E-state index contributed by atoms with van der Waals surface area (Å²) in [6.07, 6.45) is 4.95. The van der Waals surface area contributed by atoms with Gasteiger partial charge < -0.3 is 5.11 Å². The summed E-state index contributed by atoms with van der Waals surface area (Å²) in [4.78, 5) is 0. The summed E-state index contributed by atoms with van der Waals surface area (Å²) in [7, 11) is 0. The lowest BCUT2D eigenvalue weighted by Gasteiger charge is -2.18. The van der Waals surface area contributed by atoms with E-state index < -0.39 is 0 Å². The third-order valence-electron chi connectivity index (χ3n) is 4.39. The maximum absolute atomic E-state index is 10.0. The molecule has 0 radical (unpaired) electrons. The summed E-state index contributed by atoms with van der Waals surface area (Å²) in [5.41, 5.74) is 3.13. The fraction of sp³-hybridized carbons (Fsp3) is 0.571.